The van der Waals surface area contributed by atoms with Gasteiger partial charge in [0.05, 0.1) is 11.7 Å². The van der Waals surface area contributed by atoms with Gasteiger partial charge in [-0.2, -0.15) is 0 Å². The number of hydrogen-bond acceptors (Lipinski definition) is 4. The van der Waals surface area contributed by atoms with Gasteiger partial charge < -0.3 is 20.9 Å². The third-order valence-corrected chi connectivity index (χ3v) is 3.41. The number of aromatic carboxylic acids is 1. The Kier molecular flexibility index (Phi) is 4.36. The zero-order valence-corrected chi connectivity index (χ0v) is 11.3. The van der Waals surface area contributed by atoms with Gasteiger partial charge in [-0.1, -0.05) is 6.07 Å². The maximum absolute atomic E-state index is 12.1. The minimum Gasteiger partial charge on any atom is -0.478 e. The number of carboxylic acid groups (broad SMARTS) is 1. The average Bonchev–Trinajstić information content (AvgIpc) is 2.89. The maximum atomic E-state index is 12.1. The van der Waals surface area contributed by atoms with Crippen molar-refractivity contribution in [2.45, 2.75) is 32.0 Å². The minimum absolute atomic E-state index is 0.0720. The molecule has 1 aliphatic heterocycles. The number of ether oxygens (including phenoxy) is 1. The van der Waals surface area contributed by atoms with Crippen LogP contribution in [0, 0.1) is 6.92 Å². The van der Waals surface area contributed by atoms with Gasteiger partial charge in [0.1, 0.15) is 6.10 Å². The maximum Gasteiger partial charge on any atom is 0.335 e. The van der Waals surface area contributed by atoms with Crippen LogP contribution in [0.3, 0.4) is 0 Å². The number of benzene rings is 1. The van der Waals surface area contributed by atoms with Crippen LogP contribution < -0.4 is 11.1 Å². The molecule has 1 aromatic carbocycles. The van der Waals surface area contributed by atoms with Crippen molar-refractivity contribution in [3.8, 4) is 0 Å². The summed E-state index contributed by atoms with van der Waals surface area (Å²) in [6, 6.07) is 4.62. The molecule has 0 aliphatic carbocycles. The molecular weight excluding hydrogens is 260 g/mol. The summed E-state index contributed by atoms with van der Waals surface area (Å²) in [5, 5.41) is 11.7. The van der Waals surface area contributed by atoms with Gasteiger partial charge in [-0.3, -0.25) is 4.79 Å². The van der Waals surface area contributed by atoms with Crippen molar-refractivity contribution in [2.24, 2.45) is 5.73 Å². The van der Waals surface area contributed by atoms with E-state index in [9.17, 15) is 9.59 Å². The minimum atomic E-state index is -1.03. The molecule has 0 spiro atoms. The lowest BCUT2D eigenvalue weighted by molar-refractivity contribution is -0.126. The topological polar surface area (TPSA) is 102 Å². The van der Waals surface area contributed by atoms with Gasteiger partial charge in [0.2, 0.25) is 0 Å². The van der Waals surface area contributed by atoms with Gasteiger partial charge in [-0.05, 0) is 37.5 Å². The molecule has 2 atom stereocenters. The third-order valence-electron chi connectivity index (χ3n) is 3.41. The van der Waals surface area contributed by atoms with Gasteiger partial charge >= 0.3 is 5.97 Å². The fourth-order valence-electron chi connectivity index (χ4n) is 2.17. The van der Waals surface area contributed by atoms with E-state index in [0.717, 1.165) is 12.0 Å². The summed E-state index contributed by atoms with van der Waals surface area (Å²) in [5.74, 6) is -1.28. The van der Waals surface area contributed by atoms with E-state index in [-0.39, 0.29) is 17.6 Å². The average molecular weight is 278 g/mol. The van der Waals surface area contributed by atoms with Crippen LogP contribution in [0.2, 0.25) is 0 Å². The molecule has 20 heavy (non-hydrogen) atoms. The summed E-state index contributed by atoms with van der Waals surface area (Å²) in [6.07, 6.45) is 0.808. The molecule has 0 saturated carbocycles. The molecular formula is C14H18N2O4. The summed E-state index contributed by atoms with van der Waals surface area (Å²) >= 11 is 0. The zero-order valence-electron chi connectivity index (χ0n) is 11.3. The van der Waals surface area contributed by atoms with Crippen LogP contribution in [0.15, 0.2) is 18.2 Å². The van der Waals surface area contributed by atoms with E-state index in [1.165, 1.54) is 12.1 Å². The molecule has 108 valence electrons. The molecule has 6 nitrogen and oxygen atoms in total. The Morgan fingerprint density at radius 1 is 1.45 bits per heavy atom. The Bertz CT molecular complexity index is 530. The van der Waals surface area contributed by atoms with Crippen LogP contribution in [-0.2, 0) is 9.53 Å². The van der Waals surface area contributed by atoms with Crippen molar-refractivity contribution in [3.63, 3.8) is 0 Å². The highest BCUT2D eigenvalue weighted by atomic mass is 16.5. The first-order valence-electron chi connectivity index (χ1n) is 6.51. The SMILES string of the molecule is Cc1ccc(C(=O)O)cc1NC(=O)C1CCC(CN)O1. The number of carbonyl (C=O) groups excluding carboxylic acids is 1. The molecule has 1 aliphatic rings. The normalized spacial score (nSPS) is 21.7. The molecule has 0 bridgehead atoms. The lowest BCUT2D eigenvalue weighted by Crippen LogP contribution is -2.30. The number of nitrogens with one attached hydrogen (secondary N) is 1. The van der Waals surface area contributed by atoms with Crippen molar-refractivity contribution >= 4 is 17.6 Å². The first kappa shape index (κ1) is 14.5. The smallest absolute Gasteiger partial charge is 0.335 e. The summed E-state index contributed by atoms with van der Waals surface area (Å²) in [7, 11) is 0. The number of carbonyl (C=O) groups is 2. The second kappa shape index (κ2) is 6.02. The van der Waals surface area contributed by atoms with Crippen molar-refractivity contribution in [1.29, 1.82) is 0 Å². The summed E-state index contributed by atoms with van der Waals surface area (Å²) in [6.45, 7) is 2.21. The van der Waals surface area contributed by atoms with Gasteiger partial charge in [-0.25, -0.2) is 4.79 Å². The Labute approximate surface area is 116 Å². The van der Waals surface area contributed by atoms with Gasteiger partial charge in [0, 0.05) is 12.2 Å². The van der Waals surface area contributed by atoms with Crippen molar-refractivity contribution in [1.82, 2.24) is 0 Å². The van der Waals surface area contributed by atoms with Crippen LogP contribution in [-0.4, -0.2) is 35.7 Å². The number of carboxylic acids is 1. The molecule has 2 rings (SSSR count). The van der Waals surface area contributed by atoms with Crippen LogP contribution in [0.25, 0.3) is 0 Å². The molecule has 6 heteroatoms. The van der Waals surface area contributed by atoms with Crippen molar-refractivity contribution in [3.05, 3.63) is 29.3 Å². The summed E-state index contributed by atoms with van der Waals surface area (Å²) in [5.41, 5.74) is 6.94. The van der Waals surface area contributed by atoms with Crippen LogP contribution in [0.5, 0.6) is 0 Å². The molecule has 4 N–H and O–H groups in total. The van der Waals surface area contributed by atoms with E-state index in [1.807, 2.05) is 0 Å². The third kappa shape index (κ3) is 3.15. The Balaban J connectivity index is 2.08. The number of hydrogen-bond donors (Lipinski definition) is 3. The number of nitrogens with two attached hydrogens (primary N) is 1. The van der Waals surface area contributed by atoms with E-state index < -0.39 is 12.1 Å². The largest absolute Gasteiger partial charge is 0.478 e. The van der Waals surface area contributed by atoms with E-state index in [1.54, 1.807) is 13.0 Å². The summed E-state index contributed by atoms with van der Waals surface area (Å²) < 4.78 is 5.51. The lowest BCUT2D eigenvalue weighted by atomic mass is 10.1. The molecule has 1 aromatic rings. The second-order valence-corrected chi connectivity index (χ2v) is 4.88. The molecule has 1 amide bonds. The molecule has 0 aromatic heterocycles. The standard InChI is InChI=1S/C14H18N2O4/c1-8-2-3-9(14(18)19)6-11(8)16-13(17)12-5-4-10(7-15)20-12/h2-3,6,10,12H,4-5,7,15H2,1H3,(H,16,17)(H,18,19). The zero-order chi connectivity index (χ0) is 14.7. The Morgan fingerprint density at radius 3 is 2.80 bits per heavy atom. The highest BCUT2D eigenvalue weighted by Gasteiger charge is 2.30. The second-order valence-electron chi connectivity index (χ2n) is 4.88. The summed E-state index contributed by atoms with van der Waals surface area (Å²) in [4.78, 5) is 23.0. The van der Waals surface area contributed by atoms with E-state index in [4.69, 9.17) is 15.6 Å². The number of aryl methyl sites for hydroxylation is 1. The quantitative estimate of drug-likeness (QED) is 0.766. The molecule has 1 fully saturated rings. The first-order chi connectivity index (χ1) is 9.51. The van der Waals surface area contributed by atoms with Crippen LogP contribution >= 0.6 is 0 Å². The van der Waals surface area contributed by atoms with E-state index in [2.05, 4.69) is 5.32 Å². The highest BCUT2D eigenvalue weighted by molar-refractivity contribution is 5.97. The molecule has 1 saturated heterocycles. The highest BCUT2D eigenvalue weighted by Crippen LogP contribution is 2.22. The van der Waals surface area contributed by atoms with Gasteiger partial charge in [0.15, 0.2) is 0 Å². The fourth-order valence-corrected chi connectivity index (χ4v) is 2.17. The van der Waals surface area contributed by atoms with E-state index in [0.29, 0.717) is 18.7 Å². The molecule has 2 unspecified atom stereocenters. The number of anilines is 1. The van der Waals surface area contributed by atoms with Crippen molar-refractivity contribution in [2.75, 3.05) is 11.9 Å². The Morgan fingerprint density at radius 2 is 2.20 bits per heavy atom. The Hall–Kier alpha value is -1.92. The van der Waals surface area contributed by atoms with Gasteiger partial charge in [-0.15, -0.1) is 0 Å². The number of rotatable bonds is 4. The lowest BCUT2D eigenvalue weighted by Gasteiger charge is -2.14. The molecule has 0 radical (unpaired) electrons. The monoisotopic (exact) mass is 278 g/mol. The predicted octanol–water partition coefficient (Wildman–Crippen LogP) is 1.14. The predicted molar refractivity (Wildman–Crippen MR) is 73.7 cm³/mol. The fraction of sp³-hybridized carbons (Fsp3) is 0.429. The van der Waals surface area contributed by atoms with Gasteiger partial charge in [0.25, 0.3) is 5.91 Å². The van der Waals surface area contributed by atoms with Crippen LogP contribution in [0.1, 0.15) is 28.8 Å². The van der Waals surface area contributed by atoms with Crippen LogP contribution in [0.4, 0.5) is 5.69 Å². The first-order valence-corrected chi connectivity index (χ1v) is 6.51. The number of amides is 1. The molecule has 1 heterocycles. The van der Waals surface area contributed by atoms with Crippen molar-refractivity contribution < 1.29 is 19.4 Å². The van der Waals surface area contributed by atoms with E-state index >= 15 is 0 Å².